The number of nitrogens with zero attached hydrogens (tertiary/aromatic N) is 3. The van der Waals surface area contributed by atoms with Crippen molar-refractivity contribution in [3.8, 4) is 5.75 Å². The maximum absolute atomic E-state index is 13.5. The van der Waals surface area contributed by atoms with Crippen LogP contribution in [0.15, 0.2) is 72.8 Å². The summed E-state index contributed by atoms with van der Waals surface area (Å²) in [4.78, 5) is 19.9. The average molecular weight is 538 g/mol. The number of carbonyl (C=O) groups excluding carboxylic acids is 1. The fourth-order valence-corrected chi connectivity index (χ4v) is 5.83. The van der Waals surface area contributed by atoms with Gasteiger partial charge in [0.2, 0.25) is 0 Å². The van der Waals surface area contributed by atoms with Gasteiger partial charge >= 0.3 is 6.18 Å². The summed E-state index contributed by atoms with van der Waals surface area (Å²) in [7, 11) is 1.66. The number of rotatable bonds is 6. The van der Waals surface area contributed by atoms with E-state index in [-0.39, 0.29) is 17.7 Å². The third-order valence-electron chi connectivity index (χ3n) is 7.92. The van der Waals surface area contributed by atoms with Gasteiger partial charge in [-0.1, -0.05) is 42.0 Å². The SMILES string of the molecule is COc1cccc(N2CCN(CC3CN(C(=O)c4cccc(C)c4)CC3c3cccc(C(F)(F)F)c3)CC2)c1. The first-order chi connectivity index (χ1) is 18.7. The minimum Gasteiger partial charge on any atom is -0.497 e. The number of methoxy groups -OCH3 is 1. The molecule has 0 radical (unpaired) electrons. The van der Waals surface area contributed by atoms with Gasteiger partial charge in [0.1, 0.15) is 5.75 Å². The number of anilines is 1. The lowest BCUT2D eigenvalue weighted by atomic mass is 9.87. The lowest BCUT2D eigenvalue weighted by Gasteiger charge is -2.38. The summed E-state index contributed by atoms with van der Waals surface area (Å²) in [6.45, 7) is 6.97. The van der Waals surface area contributed by atoms with E-state index in [9.17, 15) is 18.0 Å². The Morgan fingerprint density at radius 1 is 0.923 bits per heavy atom. The zero-order valence-electron chi connectivity index (χ0n) is 22.3. The Hall–Kier alpha value is -3.52. The van der Waals surface area contributed by atoms with Crippen LogP contribution in [-0.2, 0) is 6.18 Å². The lowest BCUT2D eigenvalue weighted by Crippen LogP contribution is -2.48. The fourth-order valence-electron chi connectivity index (χ4n) is 5.83. The number of hydrogen-bond donors (Lipinski definition) is 0. The number of ether oxygens (including phenoxy) is 1. The molecule has 2 atom stereocenters. The van der Waals surface area contributed by atoms with Crippen LogP contribution in [0.25, 0.3) is 0 Å². The molecule has 0 N–H and O–H groups in total. The molecule has 3 aromatic rings. The Labute approximate surface area is 227 Å². The topological polar surface area (TPSA) is 36.0 Å². The smallest absolute Gasteiger partial charge is 0.416 e. The van der Waals surface area contributed by atoms with Crippen LogP contribution >= 0.6 is 0 Å². The zero-order valence-corrected chi connectivity index (χ0v) is 22.3. The molecule has 0 spiro atoms. The molecule has 8 heteroatoms. The Morgan fingerprint density at radius 2 is 1.67 bits per heavy atom. The number of halogens is 3. The maximum atomic E-state index is 13.5. The molecule has 1 amide bonds. The van der Waals surface area contributed by atoms with Crippen LogP contribution in [0.4, 0.5) is 18.9 Å². The standard InChI is InChI=1S/C31H34F3N3O2/c1-22-6-3-8-24(16-22)30(38)37-20-25(29(21-37)23-7-4-9-26(17-23)31(32,33)34)19-35-12-14-36(15-13-35)27-10-5-11-28(18-27)39-2/h3-11,16-18,25,29H,12-15,19-21H2,1-2H3. The van der Waals surface area contributed by atoms with Crippen LogP contribution in [0.1, 0.15) is 33.0 Å². The molecular formula is C31H34F3N3O2. The number of likely N-dealkylation sites (tertiary alicyclic amines) is 1. The van der Waals surface area contributed by atoms with E-state index in [1.807, 2.05) is 48.2 Å². The van der Waals surface area contributed by atoms with E-state index >= 15 is 0 Å². The Kier molecular flexibility index (Phi) is 7.84. The van der Waals surface area contributed by atoms with E-state index < -0.39 is 11.7 Å². The van der Waals surface area contributed by atoms with Crippen molar-refractivity contribution in [2.45, 2.75) is 19.0 Å². The summed E-state index contributed by atoms with van der Waals surface area (Å²) >= 11 is 0. The van der Waals surface area contributed by atoms with Gasteiger partial charge in [-0.05, 0) is 48.7 Å². The molecule has 5 nitrogen and oxygen atoms in total. The van der Waals surface area contributed by atoms with Crippen LogP contribution in [0.2, 0.25) is 0 Å². The van der Waals surface area contributed by atoms with Crippen molar-refractivity contribution in [1.82, 2.24) is 9.80 Å². The van der Waals surface area contributed by atoms with Crippen molar-refractivity contribution in [2.75, 3.05) is 57.8 Å². The highest BCUT2D eigenvalue weighted by atomic mass is 19.4. The van der Waals surface area contributed by atoms with Gasteiger partial charge in [0.15, 0.2) is 0 Å². The molecular weight excluding hydrogens is 503 g/mol. The van der Waals surface area contributed by atoms with E-state index in [0.717, 1.165) is 55.8 Å². The summed E-state index contributed by atoms with van der Waals surface area (Å²) in [6, 6.07) is 21.1. The van der Waals surface area contributed by atoms with Gasteiger partial charge in [0, 0.05) is 69.0 Å². The van der Waals surface area contributed by atoms with Crippen molar-refractivity contribution < 1.29 is 22.7 Å². The second-order valence-corrected chi connectivity index (χ2v) is 10.6. The summed E-state index contributed by atoms with van der Waals surface area (Å²) < 4.78 is 46.0. The van der Waals surface area contributed by atoms with Gasteiger partial charge < -0.3 is 14.5 Å². The predicted octanol–water partition coefficient (Wildman–Crippen LogP) is 5.70. The number of benzene rings is 3. The maximum Gasteiger partial charge on any atom is 0.416 e. The quantitative estimate of drug-likeness (QED) is 0.404. The first kappa shape index (κ1) is 27.1. The van der Waals surface area contributed by atoms with E-state index in [1.54, 1.807) is 19.2 Å². The van der Waals surface area contributed by atoms with Gasteiger partial charge in [-0.25, -0.2) is 0 Å². The minimum absolute atomic E-state index is 0.0330. The predicted molar refractivity (Wildman–Crippen MR) is 146 cm³/mol. The van der Waals surface area contributed by atoms with E-state index in [0.29, 0.717) is 24.2 Å². The number of carbonyl (C=O) groups is 1. The molecule has 2 aliphatic heterocycles. The highest BCUT2D eigenvalue weighted by Gasteiger charge is 2.39. The average Bonchev–Trinajstić information content (AvgIpc) is 3.36. The van der Waals surface area contributed by atoms with Crippen LogP contribution < -0.4 is 9.64 Å². The van der Waals surface area contributed by atoms with Crippen molar-refractivity contribution in [2.24, 2.45) is 5.92 Å². The van der Waals surface area contributed by atoms with Gasteiger partial charge in [-0.3, -0.25) is 9.69 Å². The van der Waals surface area contributed by atoms with Crippen molar-refractivity contribution >= 4 is 11.6 Å². The molecule has 3 aromatic carbocycles. The van der Waals surface area contributed by atoms with Crippen molar-refractivity contribution in [3.63, 3.8) is 0 Å². The van der Waals surface area contributed by atoms with Crippen LogP contribution in [-0.4, -0.2) is 68.6 Å². The number of hydrogen-bond acceptors (Lipinski definition) is 4. The molecule has 39 heavy (non-hydrogen) atoms. The third kappa shape index (κ3) is 6.22. The number of alkyl halides is 3. The molecule has 5 rings (SSSR count). The lowest BCUT2D eigenvalue weighted by molar-refractivity contribution is -0.137. The second kappa shape index (κ2) is 11.3. The molecule has 0 aliphatic carbocycles. The first-order valence-electron chi connectivity index (χ1n) is 13.4. The fraction of sp³-hybridized carbons (Fsp3) is 0.387. The Bertz CT molecular complexity index is 1300. The van der Waals surface area contributed by atoms with Crippen LogP contribution in [0.3, 0.4) is 0 Å². The molecule has 0 bridgehead atoms. The third-order valence-corrected chi connectivity index (χ3v) is 7.92. The van der Waals surface area contributed by atoms with Crippen molar-refractivity contribution in [1.29, 1.82) is 0 Å². The number of amides is 1. The molecule has 206 valence electrons. The molecule has 2 aliphatic rings. The largest absolute Gasteiger partial charge is 0.497 e. The van der Waals surface area contributed by atoms with Gasteiger partial charge in [0.05, 0.1) is 12.7 Å². The zero-order chi connectivity index (χ0) is 27.6. The minimum atomic E-state index is -4.41. The first-order valence-corrected chi connectivity index (χ1v) is 13.4. The van der Waals surface area contributed by atoms with Gasteiger partial charge in [-0.2, -0.15) is 13.2 Å². The van der Waals surface area contributed by atoms with Gasteiger partial charge in [-0.15, -0.1) is 0 Å². The number of piperazine rings is 1. The van der Waals surface area contributed by atoms with E-state index in [1.165, 1.54) is 12.1 Å². The molecule has 2 heterocycles. The Balaban J connectivity index is 1.33. The molecule has 0 aromatic heterocycles. The summed E-state index contributed by atoms with van der Waals surface area (Å²) in [5, 5.41) is 0. The number of aryl methyl sites for hydroxylation is 1. The molecule has 2 fully saturated rings. The van der Waals surface area contributed by atoms with E-state index in [2.05, 4.69) is 15.9 Å². The summed E-state index contributed by atoms with van der Waals surface area (Å²) in [5.74, 6) is 0.618. The van der Waals surface area contributed by atoms with Crippen LogP contribution in [0, 0.1) is 12.8 Å². The van der Waals surface area contributed by atoms with E-state index in [4.69, 9.17) is 4.74 Å². The van der Waals surface area contributed by atoms with Crippen LogP contribution in [0.5, 0.6) is 5.75 Å². The second-order valence-electron chi connectivity index (χ2n) is 10.6. The molecule has 0 saturated carbocycles. The summed E-state index contributed by atoms with van der Waals surface area (Å²) in [6.07, 6.45) is -4.41. The monoisotopic (exact) mass is 537 g/mol. The molecule has 2 saturated heterocycles. The van der Waals surface area contributed by atoms with Gasteiger partial charge in [0.25, 0.3) is 5.91 Å². The normalized spacial score (nSPS) is 20.3. The molecule has 2 unspecified atom stereocenters. The van der Waals surface area contributed by atoms with Crippen molar-refractivity contribution in [3.05, 3.63) is 95.1 Å². The summed E-state index contributed by atoms with van der Waals surface area (Å²) in [5.41, 5.74) is 2.73. The highest BCUT2D eigenvalue weighted by molar-refractivity contribution is 5.94. The Morgan fingerprint density at radius 3 is 2.38 bits per heavy atom. The highest BCUT2D eigenvalue weighted by Crippen LogP contribution is 2.37.